The minimum absolute atomic E-state index is 0.266. The molecule has 1 aromatic heterocycles. The summed E-state index contributed by atoms with van der Waals surface area (Å²) in [7, 11) is 1.57. The Morgan fingerprint density at radius 2 is 1.94 bits per heavy atom. The van der Waals surface area contributed by atoms with E-state index in [4.69, 9.17) is 14.2 Å². The third-order valence-corrected chi connectivity index (χ3v) is 5.44. The Morgan fingerprint density at radius 3 is 2.75 bits per heavy atom. The lowest BCUT2D eigenvalue weighted by molar-refractivity contribution is -0.113. The Labute approximate surface area is 185 Å². The number of rotatable bonds is 4. The van der Waals surface area contributed by atoms with Crippen LogP contribution in [-0.4, -0.2) is 41.0 Å². The summed E-state index contributed by atoms with van der Waals surface area (Å²) in [6.45, 7) is 4.66. The highest BCUT2D eigenvalue weighted by Crippen LogP contribution is 2.40. The van der Waals surface area contributed by atoms with Gasteiger partial charge in [0.2, 0.25) is 5.95 Å². The van der Waals surface area contributed by atoms with Crippen LogP contribution in [0.1, 0.15) is 24.4 Å². The summed E-state index contributed by atoms with van der Waals surface area (Å²) in [5.41, 5.74) is 2.63. The minimum Gasteiger partial charge on any atom is -0.495 e. The largest absolute Gasteiger partial charge is 0.495 e. The number of benzene rings is 2. The molecule has 32 heavy (non-hydrogen) atoms. The highest BCUT2D eigenvalue weighted by Gasteiger charge is 2.35. The molecule has 3 aromatic rings. The quantitative estimate of drug-likeness (QED) is 0.651. The van der Waals surface area contributed by atoms with Gasteiger partial charge < -0.3 is 24.8 Å². The number of methoxy groups -OCH3 is 1. The SMILES string of the molecule is COc1ccccc1NC(=O)C1=C(C)Nc2nc(C)nn2C1c1ccc2c(c1)OCCO2. The van der Waals surface area contributed by atoms with Crippen molar-refractivity contribution in [1.82, 2.24) is 14.8 Å². The molecule has 3 heterocycles. The molecule has 5 rings (SSSR count). The molecule has 9 heteroatoms. The van der Waals surface area contributed by atoms with Gasteiger partial charge in [-0.1, -0.05) is 18.2 Å². The van der Waals surface area contributed by atoms with Crippen LogP contribution in [0.5, 0.6) is 17.2 Å². The Hall–Kier alpha value is -4.01. The predicted octanol–water partition coefficient (Wildman–Crippen LogP) is 3.29. The zero-order valence-corrected chi connectivity index (χ0v) is 18.0. The van der Waals surface area contributed by atoms with E-state index in [1.165, 1.54) is 0 Å². The average molecular weight is 433 g/mol. The molecule has 0 fully saturated rings. The molecule has 0 aliphatic carbocycles. The topological polar surface area (TPSA) is 99.5 Å². The summed E-state index contributed by atoms with van der Waals surface area (Å²) in [6, 6.07) is 12.5. The average Bonchev–Trinajstić information content (AvgIpc) is 3.17. The van der Waals surface area contributed by atoms with Gasteiger partial charge in [0.15, 0.2) is 11.5 Å². The second-order valence-corrected chi connectivity index (χ2v) is 7.55. The molecular formula is C23H23N5O4. The third kappa shape index (κ3) is 3.41. The molecule has 2 aliphatic heterocycles. The number of hydrogen-bond acceptors (Lipinski definition) is 7. The number of fused-ring (bicyclic) bond motifs is 2. The first-order valence-electron chi connectivity index (χ1n) is 10.3. The smallest absolute Gasteiger partial charge is 0.255 e. The number of aryl methyl sites for hydroxylation is 1. The van der Waals surface area contributed by atoms with E-state index >= 15 is 0 Å². The summed E-state index contributed by atoms with van der Waals surface area (Å²) < 4.78 is 18.6. The van der Waals surface area contributed by atoms with E-state index in [-0.39, 0.29) is 5.91 Å². The number of hydrogen-bond donors (Lipinski definition) is 2. The lowest BCUT2D eigenvalue weighted by Crippen LogP contribution is -2.31. The number of carbonyl (C=O) groups is 1. The van der Waals surface area contributed by atoms with Gasteiger partial charge in [-0.3, -0.25) is 4.79 Å². The van der Waals surface area contributed by atoms with Gasteiger partial charge in [-0.2, -0.15) is 10.1 Å². The summed E-state index contributed by atoms with van der Waals surface area (Å²) in [4.78, 5) is 18.0. The number of ether oxygens (including phenoxy) is 3. The number of carbonyl (C=O) groups excluding carboxylic acids is 1. The number of nitrogens with one attached hydrogen (secondary N) is 2. The van der Waals surface area contributed by atoms with E-state index in [9.17, 15) is 4.79 Å². The molecule has 9 nitrogen and oxygen atoms in total. The molecule has 1 amide bonds. The Bertz CT molecular complexity index is 1230. The molecule has 0 bridgehead atoms. The van der Waals surface area contributed by atoms with Crippen molar-refractivity contribution in [3.8, 4) is 17.2 Å². The zero-order valence-electron chi connectivity index (χ0n) is 18.0. The van der Waals surface area contributed by atoms with E-state index in [2.05, 4.69) is 20.7 Å². The maximum atomic E-state index is 13.6. The highest BCUT2D eigenvalue weighted by atomic mass is 16.6. The van der Waals surface area contributed by atoms with Gasteiger partial charge in [0, 0.05) is 5.70 Å². The van der Waals surface area contributed by atoms with Crippen LogP contribution in [0.15, 0.2) is 53.7 Å². The van der Waals surface area contributed by atoms with E-state index in [0.717, 1.165) is 5.56 Å². The molecule has 2 aromatic carbocycles. The fourth-order valence-electron chi connectivity index (χ4n) is 4.03. The molecule has 0 radical (unpaired) electrons. The van der Waals surface area contributed by atoms with Crippen LogP contribution in [0.2, 0.25) is 0 Å². The van der Waals surface area contributed by atoms with Crippen molar-refractivity contribution in [2.45, 2.75) is 19.9 Å². The van der Waals surface area contributed by atoms with E-state index in [1.54, 1.807) is 23.9 Å². The van der Waals surface area contributed by atoms with Gasteiger partial charge in [0.25, 0.3) is 5.91 Å². The first-order valence-corrected chi connectivity index (χ1v) is 10.3. The van der Waals surface area contributed by atoms with Gasteiger partial charge in [-0.05, 0) is 43.7 Å². The number of nitrogens with zero attached hydrogens (tertiary/aromatic N) is 3. The van der Waals surface area contributed by atoms with Gasteiger partial charge in [-0.15, -0.1) is 0 Å². The van der Waals surface area contributed by atoms with Gasteiger partial charge >= 0.3 is 0 Å². The van der Waals surface area contributed by atoms with Crippen molar-refractivity contribution in [3.05, 3.63) is 65.1 Å². The number of anilines is 2. The monoisotopic (exact) mass is 433 g/mol. The summed E-state index contributed by atoms with van der Waals surface area (Å²) in [5.74, 6) is 2.83. The fraction of sp³-hybridized carbons (Fsp3) is 0.261. The summed E-state index contributed by atoms with van der Waals surface area (Å²) >= 11 is 0. The van der Waals surface area contributed by atoms with Crippen molar-refractivity contribution in [1.29, 1.82) is 0 Å². The van der Waals surface area contributed by atoms with E-state index in [1.807, 2.05) is 44.2 Å². The standard InChI is InChI=1S/C23H23N5O4/c1-13-20(22(29)26-16-6-4-5-7-17(16)30-3)21(28-23(24-13)25-14(2)27-28)15-8-9-18-19(12-15)32-11-10-31-18/h4-9,12,21H,10-11H2,1-3H3,(H,26,29)(H,24,25,27). The van der Waals surface area contributed by atoms with Crippen LogP contribution >= 0.6 is 0 Å². The fourth-order valence-corrected chi connectivity index (χ4v) is 4.03. The van der Waals surface area contributed by atoms with Crippen molar-refractivity contribution in [2.24, 2.45) is 0 Å². The van der Waals surface area contributed by atoms with Gasteiger partial charge in [0.05, 0.1) is 18.4 Å². The normalized spacial score (nSPS) is 16.8. The minimum atomic E-state index is -0.502. The molecule has 1 unspecified atom stereocenters. The van der Waals surface area contributed by atoms with Crippen LogP contribution in [-0.2, 0) is 4.79 Å². The van der Waals surface area contributed by atoms with E-state index < -0.39 is 6.04 Å². The Kier molecular flexibility index (Phi) is 4.93. The maximum absolute atomic E-state index is 13.6. The summed E-state index contributed by atoms with van der Waals surface area (Å²) in [5, 5.41) is 10.8. The number of para-hydroxylation sites is 2. The van der Waals surface area contributed by atoms with Crippen LogP contribution in [0.3, 0.4) is 0 Å². The van der Waals surface area contributed by atoms with Crippen LogP contribution < -0.4 is 24.8 Å². The van der Waals surface area contributed by atoms with Gasteiger partial charge in [-0.25, -0.2) is 4.68 Å². The third-order valence-electron chi connectivity index (χ3n) is 5.44. The second-order valence-electron chi connectivity index (χ2n) is 7.55. The summed E-state index contributed by atoms with van der Waals surface area (Å²) in [6.07, 6.45) is 0. The predicted molar refractivity (Wildman–Crippen MR) is 118 cm³/mol. The van der Waals surface area contributed by atoms with Crippen LogP contribution in [0.4, 0.5) is 11.6 Å². The molecule has 0 saturated carbocycles. The Morgan fingerprint density at radius 1 is 1.16 bits per heavy atom. The van der Waals surface area contributed by atoms with Crippen LogP contribution in [0, 0.1) is 6.92 Å². The number of aromatic nitrogens is 3. The maximum Gasteiger partial charge on any atom is 0.255 e. The number of allylic oxidation sites excluding steroid dienone is 1. The van der Waals surface area contributed by atoms with Crippen molar-refractivity contribution >= 4 is 17.5 Å². The molecule has 0 spiro atoms. The van der Waals surface area contributed by atoms with Crippen molar-refractivity contribution < 1.29 is 19.0 Å². The van der Waals surface area contributed by atoms with Crippen molar-refractivity contribution in [3.63, 3.8) is 0 Å². The highest BCUT2D eigenvalue weighted by molar-refractivity contribution is 6.06. The van der Waals surface area contributed by atoms with E-state index in [0.29, 0.717) is 59.2 Å². The van der Waals surface area contributed by atoms with Crippen molar-refractivity contribution in [2.75, 3.05) is 31.0 Å². The molecule has 0 saturated heterocycles. The first kappa shape index (κ1) is 19.9. The lowest BCUT2D eigenvalue weighted by atomic mass is 9.94. The molecule has 164 valence electrons. The molecule has 2 N–H and O–H groups in total. The second kappa shape index (κ2) is 7.92. The van der Waals surface area contributed by atoms with Crippen LogP contribution in [0.25, 0.3) is 0 Å². The molecule has 1 atom stereocenters. The molecular weight excluding hydrogens is 410 g/mol. The van der Waals surface area contributed by atoms with Gasteiger partial charge in [0.1, 0.15) is 30.8 Å². The lowest BCUT2D eigenvalue weighted by Gasteiger charge is -2.29. The molecule has 2 aliphatic rings. The zero-order chi connectivity index (χ0) is 22.2. The number of amides is 1. The first-order chi connectivity index (χ1) is 15.5. The Balaban J connectivity index is 1.59.